The number of hydrogen-bond acceptors (Lipinski definition) is 4. The van der Waals surface area contributed by atoms with E-state index in [1.165, 1.54) is 17.6 Å². The third-order valence-electron chi connectivity index (χ3n) is 2.06. The molecule has 2 aromatic rings. The summed E-state index contributed by atoms with van der Waals surface area (Å²) in [4.78, 5) is 0.855. The number of nitrogens with two attached hydrogens (primary N) is 1. The van der Waals surface area contributed by atoms with Crippen LogP contribution in [-0.4, -0.2) is 0 Å². The Bertz CT molecular complexity index is 563. The topological polar surface area (TPSA) is 63.0 Å². The van der Waals surface area contributed by atoms with Gasteiger partial charge in [0.15, 0.2) is 4.67 Å². The van der Waals surface area contributed by atoms with Crippen LogP contribution in [0.1, 0.15) is 10.4 Å². The minimum absolute atomic E-state index is 0.422. The van der Waals surface area contributed by atoms with Crippen LogP contribution in [-0.2, 0) is 0 Å². The number of hydrogen-bond donors (Lipinski definition) is 1. The van der Waals surface area contributed by atoms with Crippen LogP contribution in [0.25, 0.3) is 11.3 Å². The van der Waals surface area contributed by atoms with E-state index in [2.05, 4.69) is 22.0 Å². The molecule has 0 aliphatic rings. The zero-order valence-electron chi connectivity index (χ0n) is 8.11. The summed E-state index contributed by atoms with van der Waals surface area (Å²) in [5.74, 6) is 0. The third kappa shape index (κ3) is 1.90. The summed E-state index contributed by atoms with van der Waals surface area (Å²) in [6, 6.07) is 7.60. The third-order valence-corrected chi connectivity index (χ3v) is 3.56. The molecule has 0 saturated carbocycles. The SMILES string of the molecule is N#C/C(=C(/N)c1ccoc1Br)c1cccs1. The molecule has 0 aliphatic carbocycles. The van der Waals surface area contributed by atoms with E-state index in [9.17, 15) is 0 Å². The maximum atomic E-state index is 9.13. The molecule has 2 N–H and O–H groups in total. The van der Waals surface area contributed by atoms with Crippen LogP contribution in [0.3, 0.4) is 0 Å². The molecular formula is C11H7BrN2OS. The lowest BCUT2D eigenvalue weighted by atomic mass is 10.1. The van der Waals surface area contributed by atoms with Crippen LogP contribution >= 0.6 is 27.3 Å². The van der Waals surface area contributed by atoms with E-state index in [0.717, 1.165) is 4.88 Å². The van der Waals surface area contributed by atoms with Gasteiger partial charge in [-0.1, -0.05) is 6.07 Å². The first-order valence-corrected chi connectivity index (χ1v) is 6.08. The summed E-state index contributed by atoms with van der Waals surface area (Å²) in [7, 11) is 0. The van der Waals surface area contributed by atoms with Crippen molar-refractivity contribution in [3.63, 3.8) is 0 Å². The van der Waals surface area contributed by atoms with Crippen LogP contribution in [0, 0.1) is 11.3 Å². The van der Waals surface area contributed by atoms with E-state index in [-0.39, 0.29) is 0 Å². The van der Waals surface area contributed by atoms with Crippen molar-refractivity contribution in [3.05, 3.63) is 45.0 Å². The van der Waals surface area contributed by atoms with E-state index in [4.69, 9.17) is 15.4 Å². The highest BCUT2D eigenvalue weighted by Crippen LogP contribution is 2.29. The monoisotopic (exact) mass is 294 g/mol. The lowest BCUT2D eigenvalue weighted by molar-refractivity contribution is 0.540. The molecule has 0 fully saturated rings. The lowest BCUT2D eigenvalue weighted by Gasteiger charge is -2.01. The van der Waals surface area contributed by atoms with Crippen molar-refractivity contribution in [1.82, 2.24) is 0 Å². The van der Waals surface area contributed by atoms with Crippen molar-refractivity contribution in [2.45, 2.75) is 0 Å². The number of thiophene rings is 1. The molecule has 80 valence electrons. The van der Waals surface area contributed by atoms with Gasteiger partial charge < -0.3 is 10.2 Å². The van der Waals surface area contributed by atoms with Crippen molar-refractivity contribution in [2.24, 2.45) is 5.73 Å². The molecule has 0 aliphatic heterocycles. The summed E-state index contributed by atoms with van der Waals surface area (Å²) in [5, 5.41) is 11.0. The number of rotatable bonds is 2. The second kappa shape index (κ2) is 4.56. The summed E-state index contributed by atoms with van der Waals surface area (Å²) in [6.07, 6.45) is 1.52. The largest absolute Gasteiger partial charge is 0.457 e. The molecule has 0 atom stereocenters. The molecule has 16 heavy (non-hydrogen) atoms. The minimum atomic E-state index is 0.422. The molecule has 0 radical (unpaired) electrons. The number of allylic oxidation sites excluding steroid dienone is 1. The van der Waals surface area contributed by atoms with Gasteiger partial charge in [-0.15, -0.1) is 11.3 Å². The summed E-state index contributed by atoms with van der Waals surface area (Å²) >= 11 is 4.72. The van der Waals surface area contributed by atoms with E-state index >= 15 is 0 Å². The van der Waals surface area contributed by atoms with Crippen molar-refractivity contribution in [3.8, 4) is 6.07 Å². The Labute approximate surface area is 105 Å². The van der Waals surface area contributed by atoms with Gasteiger partial charge in [-0.05, 0) is 33.4 Å². The highest BCUT2D eigenvalue weighted by Gasteiger charge is 2.13. The Balaban J connectivity index is 2.56. The van der Waals surface area contributed by atoms with Crippen molar-refractivity contribution in [1.29, 1.82) is 5.26 Å². The van der Waals surface area contributed by atoms with Gasteiger partial charge >= 0.3 is 0 Å². The number of nitrogens with zero attached hydrogens (tertiary/aromatic N) is 1. The van der Waals surface area contributed by atoms with Gasteiger partial charge in [-0.25, -0.2) is 0 Å². The standard InChI is InChI=1S/C11H7BrN2OS/c12-11-7(3-4-15-11)10(14)8(6-13)9-2-1-5-16-9/h1-5H,14H2/b10-8-. The summed E-state index contributed by atoms with van der Waals surface area (Å²) < 4.78 is 5.63. The molecule has 2 aromatic heterocycles. The maximum absolute atomic E-state index is 9.13. The van der Waals surface area contributed by atoms with Gasteiger partial charge in [0.05, 0.1) is 23.1 Å². The molecule has 0 spiro atoms. The van der Waals surface area contributed by atoms with Crippen molar-refractivity contribution < 1.29 is 4.42 Å². The van der Waals surface area contributed by atoms with Gasteiger partial charge in [-0.2, -0.15) is 5.26 Å². The van der Waals surface area contributed by atoms with Gasteiger partial charge in [0.1, 0.15) is 6.07 Å². The smallest absolute Gasteiger partial charge is 0.178 e. The fourth-order valence-corrected chi connectivity index (χ4v) is 2.48. The molecule has 2 heterocycles. The van der Waals surface area contributed by atoms with Gasteiger partial charge in [-0.3, -0.25) is 0 Å². The second-order valence-corrected chi connectivity index (χ2v) is 4.65. The zero-order valence-corrected chi connectivity index (χ0v) is 10.5. The minimum Gasteiger partial charge on any atom is -0.457 e. The second-order valence-electron chi connectivity index (χ2n) is 2.99. The van der Waals surface area contributed by atoms with E-state index in [0.29, 0.717) is 21.5 Å². The number of furan rings is 1. The molecule has 0 aromatic carbocycles. The number of nitriles is 1. The van der Waals surface area contributed by atoms with Crippen LogP contribution in [0.2, 0.25) is 0 Å². The molecule has 5 heteroatoms. The number of halogens is 1. The normalized spacial score (nSPS) is 12.0. The molecular weight excluding hydrogens is 288 g/mol. The maximum Gasteiger partial charge on any atom is 0.178 e. The Morgan fingerprint density at radius 2 is 2.31 bits per heavy atom. The van der Waals surface area contributed by atoms with Crippen LogP contribution in [0.15, 0.2) is 38.9 Å². The lowest BCUT2D eigenvalue weighted by Crippen LogP contribution is -1.99. The Kier molecular flexibility index (Phi) is 3.13. The fourth-order valence-electron chi connectivity index (χ4n) is 1.29. The molecule has 0 saturated heterocycles. The van der Waals surface area contributed by atoms with Crippen LogP contribution in [0.5, 0.6) is 0 Å². The van der Waals surface area contributed by atoms with Crippen molar-refractivity contribution in [2.75, 3.05) is 0 Å². The molecule has 2 rings (SSSR count). The van der Waals surface area contributed by atoms with E-state index in [1.54, 1.807) is 6.07 Å². The Morgan fingerprint density at radius 1 is 1.50 bits per heavy atom. The highest BCUT2D eigenvalue weighted by molar-refractivity contribution is 9.10. The average molecular weight is 295 g/mol. The van der Waals surface area contributed by atoms with E-state index < -0.39 is 0 Å². The van der Waals surface area contributed by atoms with Gasteiger partial charge in [0, 0.05) is 4.88 Å². The van der Waals surface area contributed by atoms with E-state index in [1.807, 2.05) is 17.5 Å². The van der Waals surface area contributed by atoms with Gasteiger partial charge in [0.25, 0.3) is 0 Å². The Hall–Kier alpha value is -1.51. The first-order chi connectivity index (χ1) is 7.74. The summed E-state index contributed by atoms with van der Waals surface area (Å²) in [5.41, 5.74) is 7.55. The first-order valence-electron chi connectivity index (χ1n) is 4.41. The van der Waals surface area contributed by atoms with Crippen LogP contribution < -0.4 is 5.73 Å². The molecule has 0 amide bonds. The summed E-state index contributed by atoms with van der Waals surface area (Å²) in [6.45, 7) is 0. The van der Waals surface area contributed by atoms with Crippen molar-refractivity contribution >= 4 is 38.5 Å². The highest BCUT2D eigenvalue weighted by atomic mass is 79.9. The quantitative estimate of drug-likeness (QED) is 0.863. The molecule has 0 bridgehead atoms. The van der Waals surface area contributed by atoms with Crippen LogP contribution in [0.4, 0.5) is 0 Å². The van der Waals surface area contributed by atoms with Gasteiger partial charge in [0.2, 0.25) is 0 Å². The fraction of sp³-hybridized carbons (Fsp3) is 0. The molecule has 0 unspecified atom stereocenters. The zero-order chi connectivity index (χ0) is 11.5. The Morgan fingerprint density at radius 3 is 2.81 bits per heavy atom. The first kappa shape index (κ1) is 11.0. The average Bonchev–Trinajstić information content (AvgIpc) is 2.90. The predicted octanol–water partition coefficient (Wildman–Crippen LogP) is 3.45. The molecule has 3 nitrogen and oxygen atoms in total. The predicted molar refractivity (Wildman–Crippen MR) is 67.3 cm³/mol.